The molecule has 4 rings (SSSR count). The molecule has 0 aliphatic carbocycles. The fraction of sp³-hybridized carbons (Fsp3) is 0.679. The molecular formula is C28H42N4O4. The van der Waals surface area contributed by atoms with Crippen LogP contribution >= 0.6 is 0 Å². The number of ether oxygens (including phenoxy) is 1. The molecule has 3 saturated heterocycles. The summed E-state index contributed by atoms with van der Waals surface area (Å²) in [6.07, 6.45) is 1.61. The van der Waals surface area contributed by atoms with Gasteiger partial charge in [-0.25, -0.2) is 0 Å². The second kappa shape index (κ2) is 10.5. The zero-order chi connectivity index (χ0) is 26.2. The number of primary amides is 1. The molecule has 1 aromatic carbocycles. The van der Waals surface area contributed by atoms with Crippen LogP contribution in [-0.4, -0.2) is 85.4 Å². The Morgan fingerprint density at radius 1 is 1.17 bits per heavy atom. The lowest BCUT2D eigenvalue weighted by molar-refractivity contribution is -0.140. The van der Waals surface area contributed by atoms with E-state index in [-0.39, 0.29) is 30.3 Å². The molecule has 0 bridgehead atoms. The van der Waals surface area contributed by atoms with Gasteiger partial charge in [0.2, 0.25) is 11.8 Å². The lowest BCUT2D eigenvalue weighted by Crippen LogP contribution is -2.48. The summed E-state index contributed by atoms with van der Waals surface area (Å²) in [5, 5.41) is 0. The van der Waals surface area contributed by atoms with Crippen LogP contribution in [0, 0.1) is 11.3 Å². The molecule has 0 radical (unpaired) electrons. The fourth-order valence-electron chi connectivity index (χ4n) is 6.13. The molecule has 3 heterocycles. The molecule has 0 aromatic heterocycles. The fourth-order valence-corrected chi connectivity index (χ4v) is 6.13. The predicted molar refractivity (Wildman–Crippen MR) is 140 cm³/mol. The number of carbonyl (C=O) groups is 3. The number of likely N-dealkylation sites (tertiary alicyclic amines) is 1. The van der Waals surface area contributed by atoms with Crippen molar-refractivity contribution in [3.63, 3.8) is 0 Å². The van der Waals surface area contributed by atoms with Gasteiger partial charge >= 0.3 is 0 Å². The average Bonchev–Trinajstić information content (AvgIpc) is 3.40. The lowest BCUT2D eigenvalue weighted by Gasteiger charge is -2.39. The van der Waals surface area contributed by atoms with Crippen molar-refractivity contribution < 1.29 is 19.1 Å². The van der Waals surface area contributed by atoms with Gasteiger partial charge in [-0.2, -0.15) is 0 Å². The van der Waals surface area contributed by atoms with Gasteiger partial charge in [-0.3, -0.25) is 19.3 Å². The molecule has 2 amide bonds. The largest absolute Gasteiger partial charge is 0.369 e. The van der Waals surface area contributed by atoms with Crippen molar-refractivity contribution in [2.24, 2.45) is 17.1 Å². The first-order valence-corrected chi connectivity index (χ1v) is 13.4. The number of fused-ring (bicyclic) bond motifs is 1. The van der Waals surface area contributed by atoms with Crippen LogP contribution in [0.4, 0.5) is 5.69 Å². The smallest absolute Gasteiger partial charge is 0.249 e. The summed E-state index contributed by atoms with van der Waals surface area (Å²) >= 11 is 0. The quantitative estimate of drug-likeness (QED) is 0.592. The molecule has 0 unspecified atom stereocenters. The second-order valence-electron chi connectivity index (χ2n) is 11.4. The highest BCUT2D eigenvalue weighted by molar-refractivity contribution is 5.99. The normalized spacial score (nSPS) is 25.8. The number of hydrogen-bond donors (Lipinski definition) is 1. The van der Waals surface area contributed by atoms with Crippen LogP contribution in [0.25, 0.3) is 0 Å². The summed E-state index contributed by atoms with van der Waals surface area (Å²) in [7, 11) is 0. The minimum Gasteiger partial charge on any atom is -0.369 e. The average molecular weight is 499 g/mol. The molecule has 1 aromatic rings. The first kappa shape index (κ1) is 26.6. The highest BCUT2D eigenvalue weighted by atomic mass is 16.5. The highest BCUT2D eigenvalue weighted by Crippen LogP contribution is 2.44. The lowest BCUT2D eigenvalue weighted by atomic mass is 9.71. The van der Waals surface area contributed by atoms with E-state index in [0.717, 1.165) is 51.3 Å². The highest BCUT2D eigenvalue weighted by Gasteiger charge is 2.53. The number of nitrogens with zero attached hydrogens (tertiary/aromatic N) is 3. The Bertz CT molecular complexity index is 1000. The Morgan fingerprint density at radius 2 is 1.86 bits per heavy atom. The monoisotopic (exact) mass is 498 g/mol. The number of anilines is 1. The number of hydrogen-bond acceptors (Lipinski definition) is 6. The minimum atomic E-state index is -0.606. The molecular weight excluding hydrogens is 456 g/mol. The minimum absolute atomic E-state index is 0.0421. The van der Waals surface area contributed by atoms with E-state index < -0.39 is 23.3 Å². The van der Waals surface area contributed by atoms with Crippen molar-refractivity contribution >= 4 is 23.3 Å². The number of ketones is 1. The predicted octanol–water partition coefficient (Wildman–Crippen LogP) is 2.65. The Hall–Kier alpha value is -2.45. The number of benzene rings is 1. The summed E-state index contributed by atoms with van der Waals surface area (Å²) < 4.78 is 5.74. The molecule has 36 heavy (non-hydrogen) atoms. The van der Waals surface area contributed by atoms with E-state index in [1.165, 1.54) is 0 Å². The Morgan fingerprint density at radius 3 is 2.47 bits per heavy atom. The van der Waals surface area contributed by atoms with Crippen LogP contribution in [0.5, 0.6) is 0 Å². The van der Waals surface area contributed by atoms with Gasteiger partial charge in [-0.1, -0.05) is 34.6 Å². The maximum Gasteiger partial charge on any atom is 0.249 e. The van der Waals surface area contributed by atoms with Crippen molar-refractivity contribution in [3.05, 3.63) is 29.3 Å². The Labute approximate surface area is 215 Å². The number of carbonyl (C=O) groups excluding carboxylic acids is 3. The maximum atomic E-state index is 14.3. The van der Waals surface area contributed by atoms with Crippen LogP contribution in [0.15, 0.2) is 18.2 Å². The number of rotatable bonds is 8. The van der Waals surface area contributed by atoms with E-state index >= 15 is 0 Å². The zero-order valence-electron chi connectivity index (χ0n) is 22.5. The number of amides is 2. The third-order valence-electron chi connectivity index (χ3n) is 8.55. The van der Waals surface area contributed by atoms with Crippen LogP contribution in [0.2, 0.25) is 0 Å². The molecule has 4 atom stereocenters. The van der Waals surface area contributed by atoms with Crippen molar-refractivity contribution in [2.45, 2.75) is 65.5 Å². The van der Waals surface area contributed by atoms with E-state index in [1.54, 1.807) is 11.0 Å². The van der Waals surface area contributed by atoms with Gasteiger partial charge in [0, 0.05) is 49.9 Å². The van der Waals surface area contributed by atoms with Crippen molar-refractivity contribution in [1.29, 1.82) is 0 Å². The van der Waals surface area contributed by atoms with Gasteiger partial charge in [0.05, 0.1) is 12.0 Å². The van der Waals surface area contributed by atoms with E-state index in [0.29, 0.717) is 17.7 Å². The molecule has 3 fully saturated rings. The van der Waals surface area contributed by atoms with Crippen molar-refractivity contribution in [3.8, 4) is 0 Å². The molecule has 0 saturated carbocycles. The van der Waals surface area contributed by atoms with Gasteiger partial charge in [-0.15, -0.1) is 0 Å². The van der Waals surface area contributed by atoms with E-state index in [4.69, 9.17) is 10.5 Å². The summed E-state index contributed by atoms with van der Waals surface area (Å²) in [4.78, 5) is 46.1. The van der Waals surface area contributed by atoms with E-state index in [1.807, 2.05) is 19.1 Å². The second-order valence-corrected chi connectivity index (χ2v) is 11.4. The Balaban J connectivity index is 1.72. The van der Waals surface area contributed by atoms with Gasteiger partial charge in [0.1, 0.15) is 12.6 Å². The third-order valence-corrected chi connectivity index (χ3v) is 8.55. The maximum absolute atomic E-state index is 14.3. The molecule has 3 aliphatic heterocycles. The Kier molecular flexibility index (Phi) is 7.76. The van der Waals surface area contributed by atoms with Crippen LogP contribution in [-0.2, 0) is 14.3 Å². The molecule has 0 spiro atoms. The number of nitrogens with two attached hydrogens (primary N) is 1. The van der Waals surface area contributed by atoms with Gasteiger partial charge < -0.3 is 20.3 Å². The third kappa shape index (κ3) is 4.90. The summed E-state index contributed by atoms with van der Waals surface area (Å²) in [5.74, 6) is -1.23. The molecule has 8 nitrogen and oxygen atoms in total. The van der Waals surface area contributed by atoms with Crippen molar-refractivity contribution in [1.82, 2.24) is 9.80 Å². The van der Waals surface area contributed by atoms with Crippen LogP contribution in [0.1, 0.15) is 69.3 Å². The molecule has 198 valence electrons. The number of Topliss-reactive ketones (excluding diaryl/α,β-unsaturated/α-hetero) is 1. The first-order valence-electron chi connectivity index (χ1n) is 13.4. The zero-order valence-corrected chi connectivity index (χ0v) is 22.5. The SMILES string of the molecule is CCCN1CCN(c2ccc(C(N)=O)c([C@@H](C(=O)N3C[C@H](C)[C@H]4OCC(=O)[C@H]43)C(C)(C)CC)c2)CC1. The number of piperazine rings is 1. The summed E-state index contributed by atoms with van der Waals surface area (Å²) in [6.45, 7) is 15.8. The van der Waals surface area contributed by atoms with Crippen LogP contribution in [0.3, 0.4) is 0 Å². The van der Waals surface area contributed by atoms with Gasteiger partial charge in [0.15, 0.2) is 5.78 Å². The van der Waals surface area contributed by atoms with Crippen molar-refractivity contribution in [2.75, 3.05) is 50.8 Å². The van der Waals surface area contributed by atoms with E-state index in [2.05, 4.69) is 37.5 Å². The summed E-state index contributed by atoms with van der Waals surface area (Å²) in [6, 6.07) is 5.17. The first-order chi connectivity index (χ1) is 17.1. The topological polar surface area (TPSA) is 96.2 Å². The van der Waals surface area contributed by atoms with Crippen LogP contribution < -0.4 is 10.6 Å². The van der Waals surface area contributed by atoms with Gasteiger partial charge in [0.25, 0.3) is 0 Å². The standard InChI is InChI=1S/C28H42N4O4/c1-6-10-30-11-13-31(14-12-30)19-8-9-20(26(29)34)21(15-19)23(28(4,5)7-2)27(35)32-16-18(3)25-24(32)22(33)17-36-25/h8-9,15,18,23-25H,6-7,10-14,16-17H2,1-5H3,(H2,29,34)/t18-,23-,24+,25+/m0/s1. The molecule has 2 N–H and O–H groups in total. The summed E-state index contributed by atoms with van der Waals surface area (Å²) in [5.41, 5.74) is 7.43. The van der Waals surface area contributed by atoms with E-state index in [9.17, 15) is 14.4 Å². The molecule has 8 heteroatoms. The molecule has 3 aliphatic rings. The van der Waals surface area contributed by atoms with Gasteiger partial charge in [-0.05, 0) is 48.6 Å².